The van der Waals surface area contributed by atoms with Crippen LogP contribution in [0.25, 0.3) is 11.0 Å². The predicted octanol–water partition coefficient (Wildman–Crippen LogP) is 5.61. The van der Waals surface area contributed by atoms with Crippen LogP contribution >= 0.6 is 11.6 Å². The Labute approximate surface area is 160 Å². The number of nitrogens with zero attached hydrogens (tertiary/aromatic N) is 3. The zero-order valence-corrected chi connectivity index (χ0v) is 16.6. The summed E-state index contributed by atoms with van der Waals surface area (Å²) >= 11 is 6.37. The first-order chi connectivity index (χ1) is 12.3. The van der Waals surface area contributed by atoms with Gasteiger partial charge in [0.15, 0.2) is 0 Å². The van der Waals surface area contributed by atoms with Crippen LogP contribution < -0.4 is 0 Å². The molecule has 0 spiro atoms. The first-order valence-corrected chi connectivity index (χ1v) is 9.78. The van der Waals surface area contributed by atoms with E-state index in [2.05, 4.69) is 31.4 Å². The Morgan fingerprint density at radius 2 is 2.12 bits per heavy atom. The van der Waals surface area contributed by atoms with Crippen LogP contribution in [0.15, 0.2) is 12.1 Å². The number of ketones is 1. The van der Waals surface area contributed by atoms with Crippen molar-refractivity contribution in [3.8, 4) is 6.07 Å². The highest BCUT2D eigenvalue weighted by atomic mass is 35.5. The number of halogens is 1. The van der Waals surface area contributed by atoms with Crippen LogP contribution in [0.2, 0.25) is 5.02 Å². The van der Waals surface area contributed by atoms with Gasteiger partial charge in [-0.1, -0.05) is 32.4 Å². The molecule has 2 aromatic rings. The van der Waals surface area contributed by atoms with Gasteiger partial charge < -0.3 is 4.57 Å². The van der Waals surface area contributed by atoms with Crippen LogP contribution in [0.3, 0.4) is 0 Å². The van der Waals surface area contributed by atoms with Crippen molar-refractivity contribution in [3.63, 3.8) is 0 Å². The quantitative estimate of drug-likeness (QED) is 0.662. The number of rotatable bonds is 6. The molecule has 0 aliphatic heterocycles. The van der Waals surface area contributed by atoms with E-state index in [1.165, 1.54) is 6.42 Å². The number of carbonyl (C=O) groups is 1. The first kappa shape index (κ1) is 18.9. The van der Waals surface area contributed by atoms with Crippen molar-refractivity contribution in [1.82, 2.24) is 9.55 Å². The fraction of sp³-hybridized carbons (Fsp3) is 0.571. The van der Waals surface area contributed by atoms with E-state index in [1.54, 1.807) is 6.07 Å². The van der Waals surface area contributed by atoms with Crippen molar-refractivity contribution in [2.75, 3.05) is 0 Å². The summed E-state index contributed by atoms with van der Waals surface area (Å²) in [6.45, 7) is 6.28. The monoisotopic (exact) mass is 371 g/mol. The molecule has 1 aromatic heterocycles. The van der Waals surface area contributed by atoms with E-state index in [0.717, 1.165) is 42.5 Å². The van der Waals surface area contributed by atoms with Crippen LogP contribution in [0.4, 0.5) is 0 Å². The van der Waals surface area contributed by atoms with Crippen molar-refractivity contribution >= 4 is 28.4 Å². The number of aromatic nitrogens is 2. The molecule has 26 heavy (non-hydrogen) atoms. The summed E-state index contributed by atoms with van der Waals surface area (Å²) in [5, 5.41) is 9.78. The van der Waals surface area contributed by atoms with Gasteiger partial charge in [0.2, 0.25) is 0 Å². The van der Waals surface area contributed by atoms with Crippen molar-refractivity contribution in [1.29, 1.82) is 5.26 Å². The molecule has 0 atom stereocenters. The summed E-state index contributed by atoms with van der Waals surface area (Å²) in [7, 11) is 0. The number of hydrogen-bond donors (Lipinski definition) is 0. The van der Waals surface area contributed by atoms with Gasteiger partial charge in [-0.3, -0.25) is 4.79 Å². The first-order valence-electron chi connectivity index (χ1n) is 9.40. The number of aryl methyl sites for hydroxylation is 1. The van der Waals surface area contributed by atoms with E-state index in [1.807, 2.05) is 6.07 Å². The van der Waals surface area contributed by atoms with Crippen LogP contribution in [0.1, 0.15) is 76.7 Å². The molecule has 0 N–H and O–H groups in total. The van der Waals surface area contributed by atoms with Gasteiger partial charge in [-0.05, 0) is 43.2 Å². The summed E-state index contributed by atoms with van der Waals surface area (Å²) in [6.07, 6.45) is 6.25. The smallest absolute Gasteiger partial charge is 0.133 e. The Morgan fingerprint density at radius 1 is 1.38 bits per heavy atom. The van der Waals surface area contributed by atoms with Gasteiger partial charge in [0, 0.05) is 25.3 Å². The zero-order chi connectivity index (χ0) is 18.9. The molecule has 0 radical (unpaired) electrons. The minimum absolute atomic E-state index is 0.0391. The third-order valence-electron chi connectivity index (χ3n) is 4.97. The Morgan fingerprint density at radius 3 is 2.69 bits per heavy atom. The van der Waals surface area contributed by atoms with Gasteiger partial charge in [0.25, 0.3) is 0 Å². The molecular formula is C21H26ClN3O. The fourth-order valence-electron chi connectivity index (χ4n) is 3.62. The predicted molar refractivity (Wildman–Crippen MR) is 104 cm³/mol. The maximum absolute atomic E-state index is 12.2. The van der Waals surface area contributed by atoms with E-state index in [9.17, 15) is 10.1 Å². The van der Waals surface area contributed by atoms with Gasteiger partial charge >= 0.3 is 0 Å². The minimum atomic E-state index is 0.0391. The van der Waals surface area contributed by atoms with Crippen molar-refractivity contribution in [3.05, 3.63) is 28.5 Å². The number of Topliss-reactive ketones (excluding diaryl/α,β-unsaturated/α-hetero) is 1. The van der Waals surface area contributed by atoms with E-state index >= 15 is 0 Å². The lowest BCUT2D eigenvalue weighted by Gasteiger charge is -2.29. The summed E-state index contributed by atoms with van der Waals surface area (Å²) in [6, 6.07) is 6.19. The van der Waals surface area contributed by atoms with Gasteiger partial charge in [-0.25, -0.2) is 4.98 Å². The second kappa shape index (κ2) is 7.40. The Balaban J connectivity index is 1.82. The number of hydrogen-bond acceptors (Lipinski definition) is 3. The molecule has 0 bridgehead atoms. The van der Waals surface area contributed by atoms with Crippen LogP contribution in [0, 0.1) is 16.7 Å². The SMILES string of the molecule is CC(C)(C)CC(=O)CCCc1nc2c(Cl)cc(C#N)cc2n1C1CCC1. The van der Waals surface area contributed by atoms with Crippen LogP contribution in [0.5, 0.6) is 0 Å². The molecule has 4 nitrogen and oxygen atoms in total. The molecule has 1 fully saturated rings. The van der Waals surface area contributed by atoms with E-state index < -0.39 is 0 Å². The molecular weight excluding hydrogens is 346 g/mol. The highest BCUT2D eigenvalue weighted by Crippen LogP contribution is 2.37. The zero-order valence-electron chi connectivity index (χ0n) is 15.8. The lowest BCUT2D eigenvalue weighted by atomic mass is 9.88. The third kappa shape index (κ3) is 4.10. The second-order valence-corrected chi connectivity index (χ2v) is 8.96. The second-order valence-electron chi connectivity index (χ2n) is 8.55. The molecule has 0 amide bonds. The normalized spacial score (nSPS) is 15.0. The van der Waals surface area contributed by atoms with E-state index in [0.29, 0.717) is 35.3 Å². The molecule has 1 aliphatic rings. The molecule has 0 saturated heterocycles. The number of carbonyl (C=O) groups excluding carboxylic acids is 1. The van der Waals surface area contributed by atoms with Crippen molar-refractivity contribution in [2.45, 2.75) is 71.8 Å². The van der Waals surface area contributed by atoms with Crippen molar-refractivity contribution in [2.24, 2.45) is 5.41 Å². The Hall–Kier alpha value is -1.86. The molecule has 0 unspecified atom stereocenters. The molecule has 5 heteroatoms. The van der Waals surface area contributed by atoms with Crippen LogP contribution in [-0.2, 0) is 11.2 Å². The summed E-state index contributed by atoms with van der Waals surface area (Å²) < 4.78 is 2.26. The number of fused-ring (bicyclic) bond motifs is 1. The topological polar surface area (TPSA) is 58.7 Å². The number of nitriles is 1. The van der Waals surface area contributed by atoms with Crippen molar-refractivity contribution < 1.29 is 4.79 Å². The Bertz CT molecular complexity index is 866. The average molecular weight is 372 g/mol. The summed E-state index contributed by atoms with van der Waals surface area (Å²) in [5.74, 6) is 1.30. The molecule has 3 rings (SSSR count). The molecule has 138 valence electrons. The molecule has 1 heterocycles. The standard InChI is InChI=1S/C21H26ClN3O/c1-21(2,3)12-16(26)8-5-9-19-24-20-17(22)10-14(13-23)11-18(20)25(19)15-6-4-7-15/h10-11,15H,4-9,12H2,1-3H3. The van der Waals surface area contributed by atoms with E-state index in [-0.39, 0.29) is 5.41 Å². The summed E-state index contributed by atoms with van der Waals surface area (Å²) in [5.41, 5.74) is 2.33. The summed E-state index contributed by atoms with van der Waals surface area (Å²) in [4.78, 5) is 16.9. The average Bonchev–Trinajstić information content (AvgIpc) is 2.83. The maximum Gasteiger partial charge on any atom is 0.133 e. The number of imidazole rings is 1. The molecule has 1 aliphatic carbocycles. The van der Waals surface area contributed by atoms with E-state index in [4.69, 9.17) is 16.6 Å². The van der Waals surface area contributed by atoms with Gasteiger partial charge in [-0.15, -0.1) is 0 Å². The lowest BCUT2D eigenvalue weighted by molar-refractivity contribution is -0.120. The van der Waals surface area contributed by atoms with Gasteiger partial charge in [0.05, 0.1) is 22.2 Å². The molecule has 1 aromatic carbocycles. The lowest BCUT2D eigenvalue weighted by Crippen LogP contribution is -2.19. The van der Waals surface area contributed by atoms with Gasteiger partial charge in [-0.2, -0.15) is 5.26 Å². The fourth-order valence-corrected chi connectivity index (χ4v) is 3.87. The third-order valence-corrected chi connectivity index (χ3v) is 5.26. The van der Waals surface area contributed by atoms with Crippen LogP contribution in [-0.4, -0.2) is 15.3 Å². The highest BCUT2D eigenvalue weighted by molar-refractivity contribution is 6.35. The highest BCUT2D eigenvalue weighted by Gasteiger charge is 2.26. The largest absolute Gasteiger partial charge is 0.325 e. The maximum atomic E-state index is 12.2. The number of benzene rings is 1. The minimum Gasteiger partial charge on any atom is -0.325 e. The van der Waals surface area contributed by atoms with Gasteiger partial charge in [0.1, 0.15) is 17.1 Å². The Kier molecular flexibility index (Phi) is 5.39. The molecule has 1 saturated carbocycles.